The zero-order chi connectivity index (χ0) is 11.6. The highest BCUT2D eigenvalue weighted by atomic mass is 16.8. The molecule has 0 aromatic carbocycles. The molecule has 92 valence electrons. The van der Waals surface area contributed by atoms with Crippen LogP contribution >= 0.6 is 0 Å². The van der Waals surface area contributed by atoms with Crippen molar-refractivity contribution in [1.82, 2.24) is 0 Å². The highest BCUT2D eigenvalue weighted by molar-refractivity contribution is 5.12. The molecule has 0 amide bonds. The van der Waals surface area contributed by atoms with E-state index in [4.69, 9.17) is 18.9 Å². The lowest BCUT2D eigenvalue weighted by Gasteiger charge is -2.44. The van der Waals surface area contributed by atoms with Gasteiger partial charge in [0.15, 0.2) is 12.1 Å². The molecule has 3 atom stereocenters. The molecular formula is C11H18O5. The molecule has 16 heavy (non-hydrogen) atoms. The third kappa shape index (κ3) is 1.36. The lowest BCUT2D eigenvalue weighted by Crippen LogP contribution is -2.55. The summed E-state index contributed by atoms with van der Waals surface area (Å²) < 4.78 is 22.8. The molecule has 2 saturated heterocycles. The first-order chi connectivity index (χ1) is 7.46. The molecule has 5 heteroatoms. The van der Waals surface area contributed by atoms with Crippen LogP contribution in [-0.2, 0) is 18.9 Å². The van der Waals surface area contributed by atoms with Gasteiger partial charge in [-0.2, -0.15) is 0 Å². The normalized spacial score (nSPS) is 54.0. The van der Waals surface area contributed by atoms with Crippen LogP contribution in [0.1, 0.15) is 26.7 Å². The second kappa shape index (κ2) is 3.17. The second-order valence-electron chi connectivity index (χ2n) is 5.37. The summed E-state index contributed by atoms with van der Waals surface area (Å²) in [4.78, 5) is 0. The van der Waals surface area contributed by atoms with Crippen LogP contribution in [0, 0.1) is 0 Å². The third-order valence-corrected chi connectivity index (χ3v) is 3.66. The minimum atomic E-state index is -0.594. The minimum absolute atomic E-state index is 0.129. The molecule has 1 saturated carbocycles. The lowest BCUT2D eigenvalue weighted by molar-refractivity contribution is -0.277. The summed E-state index contributed by atoms with van der Waals surface area (Å²) >= 11 is 0. The van der Waals surface area contributed by atoms with Crippen molar-refractivity contribution in [2.75, 3.05) is 7.11 Å². The number of aliphatic hydroxyl groups excluding tert-OH is 1. The van der Waals surface area contributed by atoms with E-state index >= 15 is 0 Å². The number of aliphatic hydroxyl groups is 1. The van der Waals surface area contributed by atoms with Gasteiger partial charge >= 0.3 is 0 Å². The largest absolute Gasteiger partial charge is 0.393 e. The summed E-state index contributed by atoms with van der Waals surface area (Å²) in [5.41, 5.74) is -0.404. The molecule has 3 rings (SSSR count). The highest BCUT2D eigenvalue weighted by Gasteiger charge is 2.67. The third-order valence-electron chi connectivity index (χ3n) is 3.66. The van der Waals surface area contributed by atoms with E-state index in [9.17, 15) is 5.11 Å². The molecule has 2 heterocycles. The molecule has 0 aromatic heterocycles. The van der Waals surface area contributed by atoms with Crippen LogP contribution in [0.3, 0.4) is 0 Å². The molecule has 3 fully saturated rings. The Morgan fingerprint density at radius 2 is 1.88 bits per heavy atom. The minimum Gasteiger partial charge on any atom is -0.393 e. The maximum atomic E-state index is 9.47. The number of ether oxygens (including phenoxy) is 4. The summed E-state index contributed by atoms with van der Waals surface area (Å²) in [6.07, 6.45) is 0.215. The predicted octanol–water partition coefficient (Wildman–Crippen LogP) is 0.403. The van der Waals surface area contributed by atoms with E-state index in [2.05, 4.69) is 0 Å². The molecule has 0 aromatic rings. The Morgan fingerprint density at radius 1 is 1.19 bits per heavy atom. The van der Waals surface area contributed by atoms with Gasteiger partial charge in [0.1, 0.15) is 17.8 Å². The summed E-state index contributed by atoms with van der Waals surface area (Å²) in [5, 5.41) is 9.47. The fourth-order valence-electron chi connectivity index (χ4n) is 3.01. The van der Waals surface area contributed by atoms with Gasteiger partial charge in [0.05, 0.1) is 6.10 Å². The van der Waals surface area contributed by atoms with Gasteiger partial charge < -0.3 is 24.1 Å². The van der Waals surface area contributed by atoms with Gasteiger partial charge in [0.2, 0.25) is 0 Å². The van der Waals surface area contributed by atoms with Crippen molar-refractivity contribution in [2.24, 2.45) is 0 Å². The van der Waals surface area contributed by atoms with Crippen LogP contribution in [0.25, 0.3) is 0 Å². The molecule has 0 radical (unpaired) electrons. The maximum absolute atomic E-state index is 9.47. The molecular weight excluding hydrogens is 212 g/mol. The van der Waals surface area contributed by atoms with Gasteiger partial charge in [-0.1, -0.05) is 0 Å². The zero-order valence-electron chi connectivity index (χ0n) is 9.80. The maximum Gasteiger partial charge on any atom is 0.186 e. The smallest absolute Gasteiger partial charge is 0.186 e. The van der Waals surface area contributed by atoms with Gasteiger partial charge in [0.25, 0.3) is 0 Å². The second-order valence-corrected chi connectivity index (χ2v) is 5.37. The zero-order valence-corrected chi connectivity index (χ0v) is 9.80. The molecule has 2 aliphatic heterocycles. The van der Waals surface area contributed by atoms with Crippen molar-refractivity contribution in [3.63, 3.8) is 0 Å². The monoisotopic (exact) mass is 230 g/mol. The van der Waals surface area contributed by atoms with Crippen LogP contribution in [0.4, 0.5) is 0 Å². The van der Waals surface area contributed by atoms with E-state index in [1.54, 1.807) is 7.11 Å². The van der Waals surface area contributed by atoms with Gasteiger partial charge in [-0.25, -0.2) is 0 Å². The van der Waals surface area contributed by atoms with Crippen LogP contribution in [0.2, 0.25) is 0 Å². The Kier molecular flexibility index (Phi) is 2.17. The van der Waals surface area contributed by atoms with Gasteiger partial charge in [-0.15, -0.1) is 0 Å². The molecule has 3 aliphatic rings. The average Bonchev–Trinajstić information content (AvgIpc) is 2.58. The van der Waals surface area contributed by atoms with Crippen LogP contribution < -0.4 is 0 Å². The topological polar surface area (TPSA) is 57.2 Å². The number of hydrogen-bond acceptors (Lipinski definition) is 5. The Bertz CT molecular complexity index is 297. The average molecular weight is 230 g/mol. The van der Waals surface area contributed by atoms with Crippen molar-refractivity contribution in [2.45, 2.75) is 62.7 Å². The van der Waals surface area contributed by atoms with Crippen molar-refractivity contribution in [1.29, 1.82) is 0 Å². The Balaban J connectivity index is 1.84. The van der Waals surface area contributed by atoms with Gasteiger partial charge in [-0.3, -0.25) is 0 Å². The number of methoxy groups -OCH3 is 1. The van der Waals surface area contributed by atoms with E-state index in [0.29, 0.717) is 12.8 Å². The van der Waals surface area contributed by atoms with Crippen molar-refractivity contribution < 1.29 is 24.1 Å². The summed E-state index contributed by atoms with van der Waals surface area (Å²) in [5.74, 6) is -0.594. The molecule has 1 aliphatic carbocycles. The molecule has 0 bridgehead atoms. The first-order valence-electron chi connectivity index (χ1n) is 5.70. The van der Waals surface area contributed by atoms with Crippen LogP contribution in [0.5, 0.6) is 0 Å². The lowest BCUT2D eigenvalue weighted by atomic mass is 9.73. The first-order valence-corrected chi connectivity index (χ1v) is 5.70. The molecule has 1 spiro atoms. The van der Waals surface area contributed by atoms with E-state index in [1.165, 1.54) is 0 Å². The van der Waals surface area contributed by atoms with Crippen molar-refractivity contribution in [3.05, 3.63) is 0 Å². The van der Waals surface area contributed by atoms with E-state index in [0.717, 1.165) is 0 Å². The molecule has 5 nitrogen and oxygen atoms in total. The number of rotatable bonds is 1. The fourth-order valence-corrected chi connectivity index (χ4v) is 3.01. The summed E-state index contributed by atoms with van der Waals surface area (Å²) in [6.45, 7) is 3.78. The van der Waals surface area contributed by atoms with Crippen molar-refractivity contribution >= 4 is 0 Å². The molecule has 0 unspecified atom stereocenters. The summed E-state index contributed by atoms with van der Waals surface area (Å²) in [6, 6.07) is 0. The highest BCUT2D eigenvalue weighted by Crippen LogP contribution is 2.52. The molecule has 1 N–H and O–H groups in total. The summed E-state index contributed by atoms with van der Waals surface area (Å²) in [7, 11) is 1.60. The van der Waals surface area contributed by atoms with Crippen LogP contribution in [-0.4, -0.2) is 48.2 Å². The first kappa shape index (κ1) is 10.9. The SMILES string of the molecule is CO[C@@H]1OC2(CC(O)C2)[C@H]2OC(C)(C)O[C@@H]12. The van der Waals surface area contributed by atoms with Crippen LogP contribution in [0.15, 0.2) is 0 Å². The Hall–Kier alpha value is -0.200. The fraction of sp³-hybridized carbons (Fsp3) is 1.00. The van der Waals surface area contributed by atoms with Gasteiger partial charge in [0, 0.05) is 20.0 Å². The number of fused-ring (bicyclic) bond motifs is 2. The standard InChI is InChI=1S/C11H18O5/c1-10(2)14-7-8(15-10)11(4-6(12)5-11)16-9(7)13-3/h6-9,12H,4-5H2,1-3H3/t6?,7-,8+,9-,11?/m1/s1. The van der Waals surface area contributed by atoms with E-state index in [1.807, 2.05) is 13.8 Å². The Labute approximate surface area is 94.6 Å². The van der Waals surface area contributed by atoms with E-state index in [-0.39, 0.29) is 24.6 Å². The van der Waals surface area contributed by atoms with Crippen molar-refractivity contribution in [3.8, 4) is 0 Å². The quantitative estimate of drug-likeness (QED) is 0.706. The Morgan fingerprint density at radius 3 is 2.44 bits per heavy atom. The van der Waals surface area contributed by atoms with E-state index < -0.39 is 11.4 Å². The number of hydrogen-bond donors (Lipinski definition) is 1. The van der Waals surface area contributed by atoms with Gasteiger partial charge in [-0.05, 0) is 13.8 Å². The predicted molar refractivity (Wildman–Crippen MR) is 53.7 cm³/mol.